The van der Waals surface area contributed by atoms with Crippen molar-refractivity contribution in [3.05, 3.63) is 29.8 Å². The van der Waals surface area contributed by atoms with Crippen LogP contribution in [0.2, 0.25) is 0 Å². The normalized spacial score (nSPS) is 22.6. The highest BCUT2D eigenvalue weighted by atomic mass is 16.4. The molecule has 1 heterocycles. The lowest BCUT2D eigenvalue weighted by Crippen LogP contribution is -2.50. The van der Waals surface area contributed by atoms with Crippen molar-refractivity contribution in [1.82, 2.24) is 4.90 Å². The summed E-state index contributed by atoms with van der Waals surface area (Å²) in [5.74, 6) is -0.789. The van der Waals surface area contributed by atoms with Gasteiger partial charge in [0.1, 0.15) is 11.8 Å². The number of benzene rings is 1. The van der Waals surface area contributed by atoms with Crippen molar-refractivity contribution < 1.29 is 19.8 Å². The molecule has 0 aliphatic carbocycles. The first-order chi connectivity index (χ1) is 9.52. The maximum atomic E-state index is 12.4. The van der Waals surface area contributed by atoms with Gasteiger partial charge in [0, 0.05) is 12.1 Å². The molecule has 2 unspecified atom stereocenters. The van der Waals surface area contributed by atoms with E-state index in [1.165, 1.54) is 29.2 Å². The molecule has 0 bridgehead atoms. The first-order valence-corrected chi connectivity index (χ1v) is 6.85. The molecule has 2 atom stereocenters. The Bertz CT molecular complexity index is 497. The van der Waals surface area contributed by atoms with Crippen LogP contribution in [0.3, 0.4) is 0 Å². The number of hydrogen-bond acceptors (Lipinski definition) is 3. The van der Waals surface area contributed by atoms with E-state index in [1.807, 2.05) is 6.92 Å². The van der Waals surface area contributed by atoms with Gasteiger partial charge in [0.15, 0.2) is 0 Å². The summed E-state index contributed by atoms with van der Waals surface area (Å²) < 4.78 is 0. The van der Waals surface area contributed by atoms with Crippen LogP contribution in [0.25, 0.3) is 0 Å². The fraction of sp³-hybridized carbons (Fsp3) is 0.467. The number of nitrogens with zero attached hydrogens (tertiary/aromatic N) is 1. The lowest BCUT2D eigenvalue weighted by molar-refractivity contribution is -0.144. The molecule has 2 N–H and O–H groups in total. The van der Waals surface area contributed by atoms with E-state index in [0.717, 1.165) is 12.8 Å². The van der Waals surface area contributed by atoms with Crippen molar-refractivity contribution in [2.45, 2.75) is 32.2 Å². The van der Waals surface area contributed by atoms with Crippen LogP contribution in [0.1, 0.15) is 36.5 Å². The standard InChI is InChI=1S/C15H19NO4/c1-2-10-7-8-16(13(9-10)15(19)20)14(18)11-3-5-12(17)6-4-11/h3-6,10,13,17H,2,7-9H2,1H3,(H,19,20). The van der Waals surface area contributed by atoms with Crippen molar-refractivity contribution in [3.63, 3.8) is 0 Å². The summed E-state index contributed by atoms with van der Waals surface area (Å²) in [4.78, 5) is 25.2. The largest absolute Gasteiger partial charge is 0.508 e. The van der Waals surface area contributed by atoms with Crippen molar-refractivity contribution in [2.75, 3.05) is 6.54 Å². The van der Waals surface area contributed by atoms with Crippen molar-refractivity contribution in [1.29, 1.82) is 0 Å². The Morgan fingerprint density at radius 1 is 1.30 bits per heavy atom. The van der Waals surface area contributed by atoms with Crippen molar-refractivity contribution >= 4 is 11.9 Å². The second-order valence-corrected chi connectivity index (χ2v) is 5.20. The Morgan fingerprint density at radius 3 is 2.50 bits per heavy atom. The Hall–Kier alpha value is -2.04. The molecule has 1 saturated heterocycles. The zero-order valence-corrected chi connectivity index (χ0v) is 11.5. The van der Waals surface area contributed by atoms with Crippen molar-refractivity contribution in [2.24, 2.45) is 5.92 Å². The summed E-state index contributed by atoms with van der Waals surface area (Å²) in [6, 6.07) is 5.14. The SMILES string of the molecule is CCC1CCN(C(=O)c2ccc(O)cc2)C(C(=O)O)C1. The molecule has 1 aliphatic rings. The van der Waals surface area contributed by atoms with Gasteiger partial charge in [-0.15, -0.1) is 0 Å². The number of phenolic OH excluding ortho intramolecular Hbond substituents is 1. The Kier molecular flexibility index (Phi) is 4.27. The molecule has 0 aromatic heterocycles. The number of piperidine rings is 1. The van der Waals surface area contributed by atoms with Gasteiger partial charge in [0.05, 0.1) is 0 Å². The van der Waals surface area contributed by atoms with E-state index in [9.17, 15) is 19.8 Å². The van der Waals surface area contributed by atoms with E-state index in [0.29, 0.717) is 24.4 Å². The molecule has 0 spiro atoms. The number of likely N-dealkylation sites (tertiary alicyclic amines) is 1. The van der Waals surface area contributed by atoms with Gasteiger partial charge in [-0.1, -0.05) is 13.3 Å². The predicted molar refractivity (Wildman–Crippen MR) is 73.6 cm³/mol. The van der Waals surface area contributed by atoms with E-state index in [2.05, 4.69) is 0 Å². The number of hydrogen-bond donors (Lipinski definition) is 2. The molecular formula is C15H19NO4. The molecule has 1 fully saturated rings. The fourth-order valence-corrected chi connectivity index (χ4v) is 2.66. The highest BCUT2D eigenvalue weighted by Gasteiger charge is 2.35. The first kappa shape index (κ1) is 14.4. The third-order valence-electron chi connectivity index (χ3n) is 3.95. The molecule has 0 radical (unpaired) electrons. The van der Waals surface area contributed by atoms with Crippen molar-refractivity contribution in [3.8, 4) is 5.75 Å². The number of carboxylic acids is 1. The van der Waals surface area contributed by atoms with Gasteiger partial charge in [0.25, 0.3) is 5.91 Å². The van der Waals surface area contributed by atoms with E-state index in [-0.39, 0.29) is 11.7 Å². The van der Waals surface area contributed by atoms with Gasteiger partial charge in [-0.2, -0.15) is 0 Å². The van der Waals surface area contributed by atoms with E-state index in [1.54, 1.807) is 0 Å². The Balaban J connectivity index is 2.19. The summed E-state index contributed by atoms with van der Waals surface area (Å²) in [5.41, 5.74) is 0.406. The maximum absolute atomic E-state index is 12.4. The summed E-state index contributed by atoms with van der Waals surface area (Å²) in [5, 5.41) is 18.6. The molecule has 0 saturated carbocycles. The average molecular weight is 277 g/mol. The molecule has 5 heteroatoms. The second-order valence-electron chi connectivity index (χ2n) is 5.20. The molecule has 20 heavy (non-hydrogen) atoms. The molecule has 1 aliphatic heterocycles. The van der Waals surface area contributed by atoms with E-state index in [4.69, 9.17) is 0 Å². The number of amides is 1. The average Bonchev–Trinajstić information content (AvgIpc) is 2.46. The minimum absolute atomic E-state index is 0.0843. The number of carbonyl (C=O) groups excluding carboxylic acids is 1. The van der Waals surface area contributed by atoms with Gasteiger partial charge >= 0.3 is 5.97 Å². The quantitative estimate of drug-likeness (QED) is 0.887. The van der Waals surface area contributed by atoms with Gasteiger partial charge < -0.3 is 15.1 Å². The number of carbonyl (C=O) groups is 2. The highest BCUT2D eigenvalue weighted by Crippen LogP contribution is 2.27. The molecule has 1 amide bonds. The van der Waals surface area contributed by atoms with Crippen LogP contribution >= 0.6 is 0 Å². The number of rotatable bonds is 3. The van der Waals surface area contributed by atoms with E-state index >= 15 is 0 Å². The summed E-state index contributed by atoms with van der Waals surface area (Å²) in [6.45, 7) is 2.51. The summed E-state index contributed by atoms with van der Waals surface area (Å²) >= 11 is 0. The predicted octanol–water partition coefficient (Wildman–Crippen LogP) is 2.11. The molecule has 1 aromatic carbocycles. The minimum atomic E-state index is -0.949. The van der Waals surface area contributed by atoms with Crippen LogP contribution in [0.4, 0.5) is 0 Å². The topological polar surface area (TPSA) is 77.8 Å². The van der Waals surface area contributed by atoms with Gasteiger partial charge in [-0.3, -0.25) is 4.79 Å². The molecule has 1 aromatic rings. The smallest absolute Gasteiger partial charge is 0.326 e. The number of aliphatic carboxylic acids is 1. The Morgan fingerprint density at radius 2 is 1.95 bits per heavy atom. The van der Waals surface area contributed by atoms with Crippen LogP contribution < -0.4 is 0 Å². The Labute approximate surface area is 117 Å². The lowest BCUT2D eigenvalue weighted by atomic mass is 9.88. The number of carboxylic acid groups (broad SMARTS) is 1. The van der Waals surface area contributed by atoms with Crippen LogP contribution in [0, 0.1) is 5.92 Å². The fourth-order valence-electron chi connectivity index (χ4n) is 2.66. The summed E-state index contributed by atoms with van der Waals surface area (Å²) in [7, 11) is 0. The minimum Gasteiger partial charge on any atom is -0.508 e. The van der Waals surface area contributed by atoms with Crippen LogP contribution in [0.5, 0.6) is 5.75 Å². The van der Waals surface area contributed by atoms with Gasteiger partial charge in [0.2, 0.25) is 0 Å². The highest BCUT2D eigenvalue weighted by molar-refractivity contribution is 5.96. The van der Waals surface area contributed by atoms with Gasteiger partial charge in [-0.25, -0.2) is 4.79 Å². The summed E-state index contributed by atoms with van der Waals surface area (Å²) in [6.07, 6.45) is 2.28. The molecule has 5 nitrogen and oxygen atoms in total. The number of phenols is 1. The third kappa shape index (κ3) is 2.92. The lowest BCUT2D eigenvalue weighted by Gasteiger charge is -2.37. The maximum Gasteiger partial charge on any atom is 0.326 e. The van der Waals surface area contributed by atoms with Crippen LogP contribution in [-0.4, -0.2) is 39.6 Å². The molecule has 2 rings (SSSR count). The third-order valence-corrected chi connectivity index (χ3v) is 3.95. The molecular weight excluding hydrogens is 258 g/mol. The second kappa shape index (κ2) is 5.94. The molecule has 108 valence electrons. The zero-order valence-electron chi connectivity index (χ0n) is 11.5. The van der Waals surface area contributed by atoms with Crippen LogP contribution in [-0.2, 0) is 4.79 Å². The monoisotopic (exact) mass is 277 g/mol. The van der Waals surface area contributed by atoms with Gasteiger partial charge in [-0.05, 0) is 43.0 Å². The first-order valence-electron chi connectivity index (χ1n) is 6.85. The number of aromatic hydroxyl groups is 1. The van der Waals surface area contributed by atoms with E-state index < -0.39 is 12.0 Å². The van der Waals surface area contributed by atoms with Crippen LogP contribution in [0.15, 0.2) is 24.3 Å². The zero-order chi connectivity index (χ0) is 14.7.